The van der Waals surface area contributed by atoms with Crippen molar-refractivity contribution in [3.05, 3.63) is 203 Å². The number of thioether (sulfide) groups is 1. The molecule has 0 bridgehead atoms. The van der Waals surface area contributed by atoms with Crippen LogP contribution in [0.25, 0.3) is 10.9 Å². The summed E-state index contributed by atoms with van der Waals surface area (Å²) in [5, 5.41) is 56.6. The fraction of sp³-hybridized carbons (Fsp3) is 0.426. The van der Waals surface area contributed by atoms with E-state index in [2.05, 4.69) is 61.7 Å². The molecule has 36 heteroatoms. The number of amides is 15. The van der Waals surface area contributed by atoms with Crippen LogP contribution in [0.5, 0.6) is 11.5 Å². The zero-order valence-electron chi connectivity index (χ0n) is 74.7. The van der Waals surface area contributed by atoms with Gasteiger partial charge in [0, 0.05) is 103 Å². The van der Waals surface area contributed by atoms with Gasteiger partial charge < -0.3 is 98.4 Å². The van der Waals surface area contributed by atoms with E-state index in [1.807, 2.05) is 13.8 Å². The van der Waals surface area contributed by atoms with Gasteiger partial charge in [0.25, 0.3) is 0 Å². The van der Waals surface area contributed by atoms with Gasteiger partial charge in [0.1, 0.15) is 78.0 Å². The van der Waals surface area contributed by atoms with Gasteiger partial charge in [-0.2, -0.15) is 0 Å². The second-order valence-electron chi connectivity index (χ2n) is 33.1. The Morgan fingerprint density at radius 2 is 0.877 bits per heavy atom. The molecule has 15 amide bonds. The number of hydrogen-bond donors (Lipinski definition) is 14. The lowest BCUT2D eigenvalue weighted by Gasteiger charge is -2.37. The molecule has 0 radical (unpaired) electrons. The highest BCUT2D eigenvalue weighted by atomic mass is 32.2. The molecule has 7 aromatic rings. The third-order valence-electron chi connectivity index (χ3n) is 22.3. The van der Waals surface area contributed by atoms with Crippen molar-refractivity contribution in [3.8, 4) is 11.5 Å². The number of phenolic OH excluding ortho intramolecular Hbond substituents is 2. The number of phenols is 2. The van der Waals surface area contributed by atoms with Gasteiger partial charge in [0.15, 0.2) is 0 Å². The standard InChI is InChI=1S/C94H121N16O18PS/c1-10-12-32-68-91(125)109(8)77(47-59-27-19-15-20-28-59)89(123)104-73(46-62-37-41-65(112)42-38-62)90(124)106(5)53-80(114)98-71(49-63-51-96-67-33-24-23-31-66(63)67)87(121)103-70(44-61-35-39-64(111)40-36-61)86(120)102-69(43-57(3)4)85(119)105-75(84(118)97-52-79(95)113)55-130-56-82(116)100-74(45-58-25-17-14-18-26-58)92(126)110(9)78(48-60-29-21-16-22-30-60)94(128)108(7)76(34-13-11-2)93(127)107(6)54-81(115)99-72(50-83(117)129)88(122)101-68/h14-31,33,35-42,51,57,68-78,96,111-112,117,129H,10-13,32,34,43-50,52-56H2,1-9H3,(H2,95,113)(H,97,118)(H,98,114)(H,99,115)(H,100,116)(H,101,122)(H,102,120)(H,103,121)(H,104,123)(H,105,119)/t68-,69-,70-,71-,72-,73-,74-,75-,76-,77-,78-/m0/s1. The molecule has 2 heterocycles. The maximum Gasteiger partial charge on any atom is 0.246 e. The van der Waals surface area contributed by atoms with Crippen LogP contribution in [0.3, 0.4) is 0 Å². The van der Waals surface area contributed by atoms with E-state index in [9.17, 15) is 48.9 Å². The first-order chi connectivity index (χ1) is 62.0. The molecule has 1 fully saturated rings. The number of aromatic nitrogens is 1. The number of nitrogens with zero attached hydrogens (tertiary/aromatic N) is 5. The Morgan fingerprint density at radius 1 is 0.454 bits per heavy atom. The molecule has 11 atom stereocenters. The number of rotatable bonds is 25. The van der Waals surface area contributed by atoms with Gasteiger partial charge in [0.05, 0.1) is 30.9 Å². The molecule has 6 aromatic carbocycles. The number of fused-ring (bicyclic) bond motifs is 1. The number of benzene rings is 6. The maximum absolute atomic E-state index is 15.6. The first kappa shape index (κ1) is 102. The highest BCUT2D eigenvalue weighted by Gasteiger charge is 2.42. The summed E-state index contributed by atoms with van der Waals surface area (Å²) >= 11 is 0.841. The minimum atomic E-state index is -1.63. The third kappa shape index (κ3) is 31.4. The van der Waals surface area contributed by atoms with Crippen LogP contribution in [0.15, 0.2) is 170 Å². The topological polar surface area (TPSA) is 483 Å². The summed E-state index contributed by atoms with van der Waals surface area (Å²) in [6, 6.07) is 28.3. The van der Waals surface area contributed by atoms with Gasteiger partial charge in [-0.25, -0.2) is 0 Å². The Hall–Kier alpha value is -13.0. The van der Waals surface area contributed by atoms with Crippen molar-refractivity contribution in [2.75, 3.05) is 66.4 Å². The van der Waals surface area contributed by atoms with Gasteiger partial charge in [-0.3, -0.25) is 71.9 Å². The van der Waals surface area contributed by atoms with Crippen molar-refractivity contribution >= 4 is 126 Å². The zero-order chi connectivity index (χ0) is 94.8. The largest absolute Gasteiger partial charge is 0.508 e. The summed E-state index contributed by atoms with van der Waals surface area (Å²) in [6.45, 7) is 5.05. The number of aliphatic hydroxyl groups excluding tert-OH is 1. The number of nitrogens with one attached hydrogen (secondary N) is 10. The first-order valence-electron chi connectivity index (χ1n) is 43.3. The van der Waals surface area contributed by atoms with Crippen molar-refractivity contribution in [1.29, 1.82) is 0 Å². The highest BCUT2D eigenvalue weighted by Crippen LogP contribution is 2.25. The lowest BCUT2D eigenvalue weighted by atomic mass is 9.99. The van der Waals surface area contributed by atoms with Crippen molar-refractivity contribution in [3.63, 3.8) is 0 Å². The van der Waals surface area contributed by atoms with E-state index >= 15 is 38.4 Å². The molecule has 0 unspecified atom stereocenters. The van der Waals surface area contributed by atoms with Gasteiger partial charge in [0.2, 0.25) is 88.6 Å². The number of likely N-dealkylation sites (N-methyl/N-ethyl adjacent to an activating group) is 5. The van der Waals surface area contributed by atoms with Crippen LogP contribution in [0.2, 0.25) is 0 Å². The van der Waals surface area contributed by atoms with Crippen molar-refractivity contribution < 1.29 is 87.2 Å². The number of nitrogens with two attached hydrogens (primary N) is 1. The molecule has 1 aliphatic rings. The number of aromatic amines is 1. The molecule has 130 heavy (non-hydrogen) atoms. The van der Waals surface area contributed by atoms with Crippen LogP contribution in [0.1, 0.15) is 112 Å². The van der Waals surface area contributed by atoms with E-state index in [-0.39, 0.29) is 81.0 Å². The molecular weight excluding hydrogens is 1700 g/mol. The number of unbranched alkanes of at least 4 members (excludes halogenated alkanes) is 2. The molecule has 15 N–H and O–H groups in total. The molecule has 0 saturated carbocycles. The Morgan fingerprint density at radius 3 is 1.42 bits per heavy atom. The van der Waals surface area contributed by atoms with Gasteiger partial charge in [-0.15, -0.1) is 11.8 Å². The number of aromatic hydroxyl groups is 2. The summed E-state index contributed by atoms with van der Waals surface area (Å²) in [4.78, 5) is 232. The monoisotopic (exact) mass is 1820 g/mol. The summed E-state index contributed by atoms with van der Waals surface area (Å²) in [6.07, 6.45) is 1.65. The molecule has 34 nitrogen and oxygen atoms in total. The van der Waals surface area contributed by atoms with Gasteiger partial charge in [-0.05, 0) is 88.9 Å². The molecule has 0 aliphatic carbocycles. The summed E-state index contributed by atoms with van der Waals surface area (Å²) in [5.41, 5.74) is 8.75. The minimum Gasteiger partial charge on any atom is -0.508 e. The Labute approximate surface area is 763 Å². The second kappa shape index (κ2) is 50.7. The summed E-state index contributed by atoms with van der Waals surface area (Å²) < 4.78 is 0. The predicted octanol–water partition coefficient (Wildman–Crippen LogP) is 3.42. The molecule has 1 saturated heterocycles. The Bertz CT molecular complexity index is 5070. The van der Waals surface area contributed by atoms with Crippen LogP contribution >= 0.6 is 20.6 Å². The number of para-hydroxylation sites is 1. The lowest BCUT2D eigenvalue weighted by molar-refractivity contribution is -0.151. The number of primary amides is 1. The normalized spacial score (nSPS) is 21.8. The minimum absolute atomic E-state index is 0.0149. The van der Waals surface area contributed by atoms with E-state index in [0.29, 0.717) is 70.0 Å². The zero-order valence-corrected chi connectivity index (χ0v) is 76.5. The number of hydrogen-bond acceptors (Lipinski definition) is 18. The summed E-state index contributed by atoms with van der Waals surface area (Å²) in [5.74, 6) is -14.3. The fourth-order valence-corrected chi connectivity index (χ4v) is 16.2. The molecule has 8 rings (SSSR count). The van der Waals surface area contributed by atoms with E-state index in [1.165, 1.54) is 93.6 Å². The predicted molar refractivity (Wildman–Crippen MR) is 494 cm³/mol. The van der Waals surface area contributed by atoms with Gasteiger partial charge >= 0.3 is 0 Å². The molecule has 1 aromatic heterocycles. The average Bonchev–Trinajstić information content (AvgIpc) is 1.28. The molecule has 696 valence electrons. The molecule has 1 aliphatic heterocycles. The first-order valence-corrected chi connectivity index (χ1v) is 45.0. The number of aliphatic hydroxyl groups is 1. The Balaban J connectivity index is 1.22. The second-order valence-corrected chi connectivity index (χ2v) is 34.7. The number of carbonyl (C=O) groups is 15. The number of carbonyl (C=O) groups excluding carboxylic acids is 15. The van der Waals surface area contributed by atoms with Crippen molar-refractivity contribution in [1.82, 2.24) is 77.3 Å². The third-order valence-corrected chi connectivity index (χ3v) is 23.6. The molecular formula is C94H121N16O18PS. The summed E-state index contributed by atoms with van der Waals surface area (Å²) in [7, 11) is 9.80. The van der Waals surface area contributed by atoms with E-state index < -0.39 is 192 Å². The van der Waals surface area contributed by atoms with Crippen LogP contribution in [0, 0.1) is 5.92 Å². The number of H-pyrrole nitrogens is 1. The van der Waals surface area contributed by atoms with E-state index in [1.54, 1.807) is 135 Å². The molecule has 0 spiro atoms. The fourth-order valence-electron chi connectivity index (χ4n) is 15.2. The van der Waals surface area contributed by atoms with Crippen LogP contribution in [0.4, 0.5) is 0 Å². The quantitative estimate of drug-likeness (QED) is 0.0365. The SMILES string of the molecule is CCCC[C@@H]1NC(=O)[C@H](CC(O)=P)NC(=O)CN(C)C(=O)[C@H](CCCC)N(C)C(=O)[C@H](Cc2ccccc2)N(C)C(=O)[C@H](Cc2ccccc2)NC(=O)CSC[C@@H](C(=O)NCC(N)=O)NC(=O)[C@H](CC(C)C)NC(=O)[C@H](Cc2ccc(O)cc2)NC(=O)[C@H](Cc2c[nH]c3ccccc23)NC(=O)CN(C)C(=O)[C@H](Cc2ccc(O)cc2)NC(=O)[C@H](Cc2ccccc2)N(C)C1=O. The Kier molecular flexibility index (Phi) is 39.9. The van der Waals surface area contributed by atoms with Crippen LogP contribution < -0.4 is 53.6 Å². The van der Waals surface area contributed by atoms with Crippen molar-refractivity contribution in [2.45, 2.75) is 184 Å². The van der Waals surface area contributed by atoms with E-state index in [0.717, 1.165) is 26.5 Å². The van der Waals surface area contributed by atoms with Crippen LogP contribution in [-0.4, -0.2) is 272 Å². The van der Waals surface area contributed by atoms with E-state index in [4.69, 9.17) is 5.73 Å². The maximum atomic E-state index is 15.6. The van der Waals surface area contributed by atoms with Gasteiger partial charge in [-0.1, -0.05) is 196 Å². The average molecular weight is 1830 g/mol. The van der Waals surface area contributed by atoms with Crippen LogP contribution in [-0.2, 0) is 110 Å². The van der Waals surface area contributed by atoms with Crippen molar-refractivity contribution in [2.24, 2.45) is 11.7 Å². The smallest absolute Gasteiger partial charge is 0.246 e. The highest BCUT2D eigenvalue weighted by molar-refractivity contribution is 8.00. The lowest BCUT2D eigenvalue weighted by Crippen LogP contribution is -2.60.